The average molecular weight is 355 g/mol. The maximum absolute atomic E-state index is 11.8. The van der Waals surface area contributed by atoms with E-state index < -0.39 is 5.97 Å². The van der Waals surface area contributed by atoms with Gasteiger partial charge in [0, 0.05) is 10.4 Å². The van der Waals surface area contributed by atoms with Gasteiger partial charge in [-0.15, -0.1) is 11.3 Å². The first kappa shape index (κ1) is 17.2. The van der Waals surface area contributed by atoms with E-state index in [9.17, 15) is 9.59 Å². The molecule has 0 radical (unpaired) electrons. The third kappa shape index (κ3) is 4.67. The van der Waals surface area contributed by atoms with Crippen LogP contribution in [0.5, 0.6) is 5.75 Å². The van der Waals surface area contributed by atoms with Crippen molar-refractivity contribution >= 4 is 34.8 Å². The van der Waals surface area contributed by atoms with Crippen molar-refractivity contribution in [2.45, 2.75) is 20.4 Å². The molecule has 6 nitrogen and oxygen atoms in total. The Hall–Kier alpha value is -2.12. The van der Waals surface area contributed by atoms with Crippen LogP contribution in [0.3, 0.4) is 0 Å². The summed E-state index contributed by atoms with van der Waals surface area (Å²) in [6.07, 6.45) is 0. The molecular weight excluding hydrogens is 340 g/mol. The zero-order valence-electron chi connectivity index (χ0n) is 12.6. The number of amides is 1. The molecule has 0 unspecified atom stereocenters. The third-order valence-corrected chi connectivity index (χ3v) is 4.43. The van der Waals surface area contributed by atoms with Gasteiger partial charge in [0.15, 0.2) is 12.3 Å². The van der Waals surface area contributed by atoms with Crippen LogP contribution in [0, 0.1) is 13.8 Å². The van der Waals surface area contributed by atoms with Crippen molar-refractivity contribution in [3.8, 4) is 5.75 Å². The highest BCUT2D eigenvalue weighted by Crippen LogP contribution is 2.25. The molecule has 0 atom stereocenters. The number of nitrogens with zero attached hydrogens (tertiary/aromatic N) is 1. The average Bonchev–Trinajstić information content (AvgIpc) is 2.97. The van der Waals surface area contributed by atoms with Crippen molar-refractivity contribution < 1.29 is 19.4 Å². The molecule has 0 bridgehead atoms. The number of aryl methyl sites for hydroxylation is 2. The maximum Gasteiger partial charge on any atom is 0.355 e. The standard InChI is InChI=1S/C15H15ClN2O4S/c1-8-3-10(4-9(2)14(8)16)22-6-12(19)17-5-13-18-11(7-23-13)15(20)21/h3-4,7H,5-6H2,1-2H3,(H,17,19)(H,20,21). The van der Waals surface area contributed by atoms with Gasteiger partial charge in [0.1, 0.15) is 10.8 Å². The lowest BCUT2D eigenvalue weighted by Crippen LogP contribution is -2.28. The summed E-state index contributed by atoms with van der Waals surface area (Å²) in [6.45, 7) is 3.76. The fourth-order valence-electron chi connectivity index (χ4n) is 1.85. The number of hydrogen-bond acceptors (Lipinski definition) is 5. The summed E-state index contributed by atoms with van der Waals surface area (Å²) < 4.78 is 5.43. The van der Waals surface area contributed by atoms with Gasteiger partial charge >= 0.3 is 5.97 Å². The summed E-state index contributed by atoms with van der Waals surface area (Å²) in [5, 5.41) is 14.0. The summed E-state index contributed by atoms with van der Waals surface area (Å²) in [7, 11) is 0. The quantitative estimate of drug-likeness (QED) is 0.832. The summed E-state index contributed by atoms with van der Waals surface area (Å²) in [5.74, 6) is -0.833. The summed E-state index contributed by atoms with van der Waals surface area (Å²) in [6, 6.07) is 3.53. The molecular formula is C15H15ClN2O4S. The normalized spacial score (nSPS) is 10.4. The van der Waals surface area contributed by atoms with Crippen molar-refractivity contribution in [3.05, 3.63) is 44.4 Å². The predicted octanol–water partition coefficient (Wildman–Crippen LogP) is 2.81. The lowest BCUT2D eigenvalue weighted by atomic mass is 10.1. The van der Waals surface area contributed by atoms with Crippen LogP contribution in [0.25, 0.3) is 0 Å². The smallest absolute Gasteiger partial charge is 0.355 e. The number of carboxylic acid groups (broad SMARTS) is 1. The Kier molecular flexibility index (Phi) is 5.57. The first-order valence-corrected chi connectivity index (χ1v) is 7.96. The van der Waals surface area contributed by atoms with Crippen molar-refractivity contribution in [1.82, 2.24) is 10.3 Å². The van der Waals surface area contributed by atoms with Gasteiger partial charge in [-0.3, -0.25) is 4.79 Å². The lowest BCUT2D eigenvalue weighted by molar-refractivity contribution is -0.123. The highest BCUT2D eigenvalue weighted by atomic mass is 35.5. The van der Waals surface area contributed by atoms with Gasteiger partial charge in [0.25, 0.3) is 5.91 Å². The van der Waals surface area contributed by atoms with Crippen molar-refractivity contribution in [3.63, 3.8) is 0 Å². The Labute approximate surface area is 142 Å². The maximum atomic E-state index is 11.8. The number of halogens is 1. The van der Waals surface area contributed by atoms with E-state index >= 15 is 0 Å². The number of nitrogens with one attached hydrogen (secondary N) is 1. The molecule has 0 aliphatic rings. The second kappa shape index (κ2) is 7.43. The third-order valence-electron chi connectivity index (χ3n) is 2.99. The van der Waals surface area contributed by atoms with E-state index in [0.717, 1.165) is 11.1 Å². The fourth-order valence-corrected chi connectivity index (χ4v) is 2.67. The number of ether oxygens (including phenoxy) is 1. The Morgan fingerprint density at radius 3 is 2.57 bits per heavy atom. The predicted molar refractivity (Wildman–Crippen MR) is 87.3 cm³/mol. The molecule has 2 aromatic rings. The van der Waals surface area contributed by atoms with Crippen LogP contribution in [-0.2, 0) is 11.3 Å². The zero-order chi connectivity index (χ0) is 17.0. The molecule has 0 aliphatic heterocycles. The molecule has 0 aliphatic carbocycles. The second-order valence-corrected chi connectivity index (χ2v) is 6.19. The van der Waals surface area contributed by atoms with Gasteiger partial charge in [-0.2, -0.15) is 0 Å². The molecule has 0 fully saturated rings. The molecule has 0 spiro atoms. The number of carbonyl (C=O) groups is 2. The molecule has 1 aromatic carbocycles. The van der Waals surface area contributed by atoms with Crippen LogP contribution in [0.2, 0.25) is 5.02 Å². The molecule has 2 rings (SSSR count). The number of thiazole rings is 1. The number of carbonyl (C=O) groups excluding carboxylic acids is 1. The topological polar surface area (TPSA) is 88.5 Å². The van der Waals surface area contributed by atoms with Gasteiger partial charge in [-0.1, -0.05) is 11.6 Å². The summed E-state index contributed by atoms with van der Waals surface area (Å²) in [4.78, 5) is 26.4. The van der Waals surface area contributed by atoms with E-state index in [1.165, 1.54) is 16.7 Å². The minimum Gasteiger partial charge on any atom is -0.484 e. The van der Waals surface area contributed by atoms with Gasteiger partial charge < -0.3 is 15.2 Å². The molecule has 1 aromatic heterocycles. The molecule has 1 amide bonds. The molecule has 2 N–H and O–H groups in total. The van der Waals surface area contributed by atoms with E-state index in [1.807, 2.05) is 13.8 Å². The van der Waals surface area contributed by atoms with Gasteiger partial charge in [0.05, 0.1) is 6.54 Å². The molecule has 1 heterocycles. The van der Waals surface area contributed by atoms with E-state index in [2.05, 4.69) is 10.3 Å². The van der Waals surface area contributed by atoms with Crippen LogP contribution >= 0.6 is 22.9 Å². The number of rotatable bonds is 6. The lowest BCUT2D eigenvalue weighted by Gasteiger charge is -2.10. The van der Waals surface area contributed by atoms with E-state index in [1.54, 1.807) is 12.1 Å². The number of carboxylic acids is 1. The van der Waals surface area contributed by atoms with Crippen LogP contribution in [0.4, 0.5) is 0 Å². The molecule has 23 heavy (non-hydrogen) atoms. The van der Waals surface area contributed by atoms with Crippen LogP contribution in [-0.4, -0.2) is 28.6 Å². The Morgan fingerprint density at radius 2 is 2.00 bits per heavy atom. The minimum absolute atomic E-state index is 0.0254. The Balaban J connectivity index is 1.84. The molecule has 122 valence electrons. The van der Waals surface area contributed by atoms with Crippen molar-refractivity contribution in [2.24, 2.45) is 0 Å². The van der Waals surface area contributed by atoms with E-state index in [-0.39, 0.29) is 24.8 Å². The second-order valence-electron chi connectivity index (χ2n) is 4.87. The fraction of sp³-hybridized carbons (Fsp3) is 0.267. The summed E-state index contributed by atoms with van der Waals surface area (Å²) >= 11 is 7.25. The van der Waals surface area contributed by atoms with Crippen molar-refractivity contribution in [1.29, 1.82) is 0 Å². The molecule has 0 saturated carbocycles. The Bertz CT molecular complexity index is 722. The van der Waals surface area contributed by atoms with Crippen LogP contribution < -0.4 is 10.1 Å². The van der Waals surface area contributed by atoms with E-state index in [0.29, 0.717) is 15.8 Å². The Morgan fingerprint density at radius 1 is 1.35 bits per heavy atom. The highest BCUT2D eigenvalue weighted by Gasteiger charge is 2.10. The number of aromatic nitrogens is 1. The molecule has 8 heteroatoms. The SMILES string of the molecule is Cc1cc(OCC(=O)NCc2nc(C(=O)O)cs2)cc(C)c1Cl. The number of aromatic carboxylic acids is 1. The highest BCUT2D eigenvalue weighted by molar-refractivity contribution is 7.09. The van der Waals surface area contributed by atoms with Crippen LogP contribution in [0.15, 0.2) is 17.5 Å². The number of hydrogen-bond donors (Lipinski definition) is 2. The molecule has 0 saturated heterocycles. The van der Waals surface area contributed by atoms with Gasteiger partial charge in [0.2, 0.25) is 0 Å². The first-order chi connectivity index (χ1) is 10.9. The summed E-state index contributed by atoms with van der Waals surface area (Å²) in [5.41, 5.74) is 1.74. The van der Waals surface area contributed by atoms with Gasteiger partial charge in [-0.25, -0.2) is 9.78 Å². The zero-order valence-corrected chi connectivity index (χ0v) is 14.1. The monoisotopic (exact) mass is 354 g/mol. The van der Waals surface area contributed by atoms with E-state index in [4.69, 9.17) is 21.4 Å². The minimum atomic E-state index is -1.09. The van der Waals surface area contributed by atoms with Gasteiger partial charge in [-0.05, 0) is 37.1 Å². The van der Waals surface area contributed by atoms with Crippen LogP contribution in [0.1, 0.15) is 26.6 Å². The van der Waals surface area contributed by atoms with Crippen molar-refractivity contribution in [2.75, 3.05) is 6.61 Å². The largest absolute Gasteiger partial charge is 0.484 e. The first-order valence-electron chi connectivity index (χ1n) is 6.70. The number of benzene rings is 1.